The Labute approximate surface area is 124 Å². The Morgan fingerprint density at radius 3 is 1.42 bits per heavy atom. The lowest BCUT2D eigenvalue weighted by atomic mass is 11.0. The minimum Gasteiger partial charge on any atom is -0.437 e. The average Bonchev–Trinajstić information content (AvgIpc) is 2.11. The van der Waals surface area contributed by atoms with Crippen LogP contribution >= 0.6 is 0 Å². The molecule has 7 heteroatoms. The minimum atomic E-state index is -2.09. The topological polar surface area (TPSA) is 27.7 Å². The Morgan fingerprint density at radius 2 is 1.11 bits per heavy atom. The molecule has 0 aliphatic carbocycles. The summed E-state index contributed by atoms with van der Waals surface area (Å²) < 4.78 is 19.3. The Hall–Kier alpha value is 0.748. The SMILES string of the molecule is CC[Si](C)(C)O[Si](C)(CC)O[Si](C)(C)O[Si](C)(C)C. The van der Waals surface area contributed by atoms with Crippen LogP contribution in [0.25, 0.3) is 0 Å². The van der Waals surface area contributed by atoms with Gasteiger partial charge in [-0.15, -0.1) is 0 Å². The Morgan fingerprint density at radius 1 is 0.632 bits per heavy atom. The van der Waals surface area contributed by atoms with Crippen LogP contribution in [0.15, 0.2) is 0 Å². The van der Waals surface area contributed by atoms with Crippen molar-refractivity contribution in [2.45, 2.75) is 78.3 Å². The van der Waals surface area contributed by atoms with Gasteiger partial charge in [-0.3, -0.25) is 0 Å². The van der Waals surface area contributed by atoms with E-state index in [1.54, 1.807) is 0 Å². The first-order chi connectivity index (χ1) is 8.24. The molecule has 0 spiro atoms. The van der Waals surface area contributed by atoms with E-state index >= 15 is 0 Å². The van der Waals surface area contributed by atoms with Crippen molar-refractivity contribution in [3.63, 3.8) is 0 Å². The van der Waals surface area contributed by atoms with Gasteiger partial charge in [-0.05, 0) is 64.5 Å². The zero-order chi connectivity index (χ0) is 15.5. The van der Waals surface area contributed by atoms with Crippen molar-refractivity contribution in [2.75, 3.05) is 0 Å². The molecule has 0 aromatic heterocycles. The van der Waals surface area contributed by atoms with E-state index in [1.807, 2.05) is 0 Å². The van der Waals surface area contributed by atoms with E-state index in [-0.39, 0.29) is 0 Å². The minimum absolute atomic E-state index is 0.995. The normalized spacial score (nSPS) is 17.4. The molecule has 0 N–H and O–H groups in total. The van der Waals surface area contributed by atoms with Crippen LogP contribution in [0.1, 0.15) is 13.8 Å². The zero-order valence-corrected chi connectivity index (χ0v) is 18.6. The highest BCUT2D eigenvalue weighted by molar-refractivity contribution is 6.89. The van der Waals surface area contributed by atoms with E-state index in [0.29, 0.717) is 0 Å². The summed E-state index contributed by atoms with van der Waals surface area (Å²) in [6, 6.07) is 2.13. The van der Waals surface area contributed by atoms with Gasteiger partial charge in [0.15, 0.2) is 16.6 Å². The fourth-order valence-electron chi connectivity index (χ4n) is 2.10. The van der Waals surface area contributed by atoms with E-state index < -0.39 is 33.8 Å². The standard InChI is InChI=1S/C12H34O3Si4/c1-11-17(6,7)14-19(10,12-2)15-18(8,9)13-16(3,4)5/h11-12H2,1-10H3. The maximum atomic E-state index is 6.50. The summed E-state index contributed by atoms with van der Waals surface area (Å²) in [4.78, 5) is 0. The fourth-order valence-corrected chi connectivity index (χ4v) is 19.6. The molecule has 0 aliphatic rings. The van der Waals surface area contributed by atoms with Gasteiger partial charge >= 0.3 is 17.1 Å². The van der Waals surface area contributed by atoms with Crippen LogP contribution in [0.5, 0.6) is 0 Å². The van der Waals surface area contributed by atoms with Gasteiger partial charge in [0, 0.05) is 0 Å². The van der Waals surface area contributed by atoms with E-state index in [0.717, 1.165) is 12.1 Å². The van der Waals surface area contributed by atoms with Gasteiger partial charge in [0.1, 0.15) is 0 Å². The Balaban J connectivity index is 4.87. The number of hydrogen-bond acceptors (Lipinski definition) is 3. The summed E-state index contributed by atoms with van der Waals surface area (Å²) in [5.74, 6) is 0. The molecule has 3 nitrogen and oxygen atoms in total. The van der Waals surface area contributed by atoms with Gasteiger partial charge in [0.2, 0.25) is 0 Å². The van der Waals surface area contributed by atoms with Crippen LogP contribution in [0, 0.1) is 0 Å². The molecule has 0 radical (unpaired) electrons. The molecular formula is C12H34O3Si4. The molecule has 0 amide bonds. The quantitative estimate of drug-likeness (QED) is 0.590. The van der Waals surface area contributed by atoms with Gasteiger partial charge < -0.3 is 12.3 Å². The third kappa shape index (κ3) is 8.59. The maximum Gasteiger partial charge on any atom is 0.315 e. The second kappa shape index (κ2) is 6.67. The monoisotopic (exact) mass is 338 g/mol. The lowest BCUT2D eigenvalue weighted by Gasteiger charge is -2.41. The molecule has 0 aliphatic heterocycles. The lowest BCUT2D eigenvalue weighted by Crippen LogP contribution is -2.56. The van der Waals surface area contributed by atoms with Gasteiger partial charge in [-0.2, -0.15) is 0 Å². The highest BCUT2D eigenvalue weighted by Gasteiger charge is 2.43. The molecule has 0 bridgehead atoms. The molecule has 116 valence electrons. The third-order valence-electron chi connectivity index (χ3n) is 3.00. The molecule has 0 fully saturated rings. The second-order valence-electron chi connectivity index (χ2n) is 7.42. The smallest absolute Gasteiger partial charge is 0.315 e. The molecule has 0 saturated heterocycles. The van der Waals surface area contributed by atoms with Crippen LogP contribution < -0.4 is 0 Å². The molecular weight excluding hydrogens is 304 g/mol. The largest absolute Gasteiger partial charge is 0.437 e. The summed E-state index contributed by atoms with van der Waals surface area (Å²) in [7, 11) is -7.32. The van der Waals surface area contributed by atoms with Gasteiger partial charge in [0.25, 0.3) is 0 Å². The molecule has 0 heterocycles. The van der Waals surface area contributed by atoms with Gasteiger partial charge in [-0.25, -0.2) is 0 Å². The predicted molar refractivity (Wildman–Crippen MR) is 94.1 cm³/mol. The highest BCUT2D eigenvalue weighted by Crippen LogP contribution is 2.27. The summed E-state index contributed by atoms with van der Waals surface area (Å²) in [6.07, 6.45) is 0. The van der Waals surface area contributed by atoms with E-state index in [9.17, 15) is 0 Å². The first kappa shape index (κ1) is 19.7. The van der Waals surface area contributed by atoms with Crippen molar-refractivity contribution in [3.8, 4) is 0 Å². The highest BCUT2D eigenvalue weighted by atomic mass is 28.5. The average molecular weight is 339 g/mol. The lowest BCUT2D eigenvalue weighted by molar-refractivity contribution is 0.324. The number of rotatable bonds is 8. The van der Waals surface area contributed by atoms with Crippen LogP contribution in [-0.2, 0) is 12.3 Å². The summed E-state index contributed by atoms with van der Waals surface area (Å²) in [6.45, 7) is 22.2. The van der Waals surface area contributed by atoms with E-state index in [4.69, 9.17) is 12.3 Å². The van der Waals surface area contributed by atoms with Crippen LogP contribution in [0.2, 0.25) is 64.5 Å². The van der Waals surface area contributed by atoms with E-state index in [1.165, 1.54) is 0 Å². The summed E-state index contributed by atoms with van der Waals surface area (Å²) >= 11 is 0. The van der Waals surface area contributed by atoms with Crippen LogP contribution in [0.4, 0.5) is 0 Å². The van der Waals surface area contributed by atoms with Crippen molar-refractivity contribution in [1.82, 2.24) is 0 Å². The first-order valence-corrected chi connectivity index (χ1v) is 19.2. The predicted octanol–water partition coefficient (Wildman–Crippen LogP) is 4.89. The molecule has 0 aromatic carbocycles. The van der Waals surface area contributed by atoms with Crippen molar-refractivity contribution in [2.24, 2.45) is 0 Å². The Bertz CT molecular complexity index is 289. The fraction of sp³-hybridized carbons (Fsp3) is 1.00. The van der Waals surface area contributed by atoms with E-state index in [2.05, 4.69) is 66.2 Å². The van der Waals surface area contributed by atoms with Crippen LogP contribution in [0.3, 0.4) is 0 Å². The van der Waals surface area contributed by atoms with Crippen LogP contribution in [-0.4, -0.2) is 33.8 Å². The third-order valence-corrected chi connectivity index (χ3v) is 18.0. The molecule has 0 aromatic rings. The molecule has 0 rings (SSSR count). The summed E-state index contributed by atoms with van der Waals surface area (Å²) in [5.41, 5.74) is 0. The first-order valence-electron chi connectivity index (χ1n) is 7.35. The number of hydrogen-bond donors (Lipinski definition) is 0. The zero-order valence-electron chi connectivity index (χ0n) is 14.6. The Kier molecular flexibility index (Phi) is 6.94. The van der Waals surface area contributed by atoms with Crippen molar-refractivity contribution >= 4 is 33.8 Å². The van der Waals surface area contributed by atoms with Gasteiger partial charge in [-0.1, -0.05) is 13.8 Å². The molecule has 19 heavy (non-hydrogen) atoms. The molecule has 1 atom stereocenters. The maximum absolute atomic E-state index is 6.50. The summed E-state index contributed by atoms with van der Waals surface area (Å²) in [5, 5.41) is 0. The second-order valence-corrected chi connectivity index (χ2v) is 24.1. The van der Waals surface area contributed by atoms with Crippen molar-refractivity contribution < 1.29 is 12.3 Å². The molecule has 0 saturated carbocycles. The van der Waals surface area contributed by atoms with Crippen molar-refractivity contribution in [1.29, 1.82) is 0 Å². The molecule has 1 unspecified atom stereocenters. The van der Waals surface area contributed by atoms with Crippen molar-refractivity contribution in [3.05, 3.63) is 0 Å². The van der Waals surface area contributed by atoms with Gasteiger partial charge in [0.05, 0.1) is 0 Å².